The Morgan fingerprint density at radius 1 is 1.00 bits per heavy atom. The highest BCUT2D eigenvalue weighted by molar-refractivity contribution is 8.44. The van der Waals surface area contributed by atoms with Gasteiger partial charge in [-0.15, -0.1) is 0 Å². The van der Waals surface area contributed by atoms with E-state index in [2.05, 4.69) is 27.2 Å². The summed E-state index contributed by atoms with van der Waals surface area (Å²) in [6, 6.07) is 0.920. The number of thiol groups is 1. The van der Waals surface area contributed by atoms with Crippen LogP contribution in [0.4, 0.5) is 14.6 Å². The van der Waals surface area contributed by atoms with E-state index in [1.54, 1.807) is 0 Å². The number of hydrogen-bond acceptors (Lipinski definition) is 14. The first-order chi connectivity index (χ1) is 19.8. The average Bonchev–Trinajstić information content (AvgIpc) is 3.57. The number of alkyl halides is 2. The Balaban J connectivity index is 1.28. The fraction of sp³-hybridized carbons (Fsp3) is 0.526. The molecule has 228 valence electrons. The van der Waals surface area contributed by atoms with Crippen molar-refractivity contribution in [2.45, 2.75) is 49.2 Å². The number of hydrogen-bond donors (Lipinski definition) is 4. The lowest BCUT2D eigenvalue weighted by molar-refractivity contribution is -0.0615. The number of nitrogens with two attached hydrogens (primary N) is 1. The number of phosphoric acid groups is 1. The Kier molecular flexibility index (Phi) is 7.62. The molecule has 42 heavy (non-hydrogen) atoms. The van der Waals surface area contributed by atoms with E-state index in [1.807, 2.05) is 4.98 Å². The van der Waals surface area contributed by atoms with Crippen LogP contribution < -0.4 is 17.0 Å². The van der Waals surface area contributed by atoms with Crippen molar-refractivity contribution < 1.29 is 50.4 Å². The maximum absolute atomic E-state index is 15.8. The van der Waals surface area contributed by atoms with Crippen molar-refractivity contribution in [3.05, 3.63) is 45.8 Å². The van der Waals surface area contributed by atoms with Crippen molar-refractivity contribution in [2.24, 2.45) is 0 Å². The molecule has 0 saturated carbocycles. The second-order valence-electron chi connectivity index (χ2n) is 9.29. The highest BCUT2D eigenvalue weighted by Gasteiger charge is 2.54. The van der Waals surface area contributed by atoms with Crippen LogP contribution >= 0.6 is 26.9 Å². The number of anilines is 1. The van der Waals surface area contributed by atoms with Crippen LogP contribution in [0.2, 0.25) is 0 Å². The topological polar surface area (TPSA) is 234 Å². The number of fused-ring (bicyclic) bond motifs is 3. The maximum Gasteiger partial charge on any atom is 0.472 e. The molecule has 3 fully saturated rings. The Labute approximate surface area is 237 Å². The van der Waals surface area contributed by atoms with Crippen LogP contribution in [0.25, 0.3) is 11.2 Å². The van der Waals surface area contributed by atoms with Crippen LogP contribution in [0.15, 0.2) is 34.5 Å². The summed E-state index contributed by atoms with van der Waals surface area (Å²) in [5.41, 5.74) is 4.20. The number of nitrogens with zero attached hydrogens (tertiary/aromatic N) is 5. The van der Waals surface area contributed by atoms with Gasteiger partial charge in [-0.25, -0.2) is 37.7 Å². The van der Waals surface area contributed by atoms with E-state index < -0.39 is 88.3 Å². The van der Waals surface area contributed by atoms with Crippen molar-refractivity contribution in [3.63, 3.8) is 0 Å². The minimum atomic E-state index is -5.13. The van der Waals surface area contributed by atoms with Gasteiger partial charge in [-0.2, -0.15) is 0 Å². The zero-order chi connectivity index (χ0) is 30.0. The minimum Gasteiger partial charge on any atom is -0.382 e. The van der Waals surface area contributed by atoms with Gasteiger partial charge in [-0.1, -0.05) is 12.2 Å². The SMILES string of the molecule is Nc1ncnc2c1ncn2[C@@H]1O[C@@H]2COP(=O)(O)O[C@@H]3[C@H](F)[C@H](n4ccc(=O)[nH]c4=O)O[C@@H]3COP(=O)(S)O[C@@H]2[C@@H]1F. The molecule has 6 heterocycles. The van der Waals surface area contributed by atoms with E-state index >= 15 is 8.78 Å². The number of halogens is 2. The van der Waals surface area contributed by atoms with Crippen LogP contribution in [0.3, 0.4) is 0 Å². The summed E-state index contributed by atoms with van der Waals surface area (Å²) >= 11 is 3.89. The third-order valence-electron chi connectivity index (χ3n) is 6.63. The first-order valence-corrected chi connectivity index (χ1v) is 16.2. The lowest BCUT2D eigenvalue weighted by Crippen LogP contribution is -2.37. The summed E-state index contributed by atoms with van der Waals surface area (Å²) in [6.45, 7) is -6.16. The third-order valence-corrected chi connectivity index (χ3v) is 9.23. The third kappa shape index (κ3) is 5.45. The average molecular weight is 655 g/mol. The van der Waals surface area contributed by atoms with E-state index in [0.717, 1.165) is 23.2 Å². The van der Waals surface area contributed by atoms with Crippen molar-refractivity contribution >= 4 is 43.9 Å². The lowest BCUT2D eigenvalue weighted by atomic mass is 10.1. The summed E-state index contributed by atoms with van der Waals surface area (Å²) in [5.74, 6) is 0.0106. The number of aromatic amines is 1. The van der Waals surface area contributed by atoms with Crippen LogP contribution in [0.5, 0.6) is 0 Å². The second-order valence-corrected chi connectivity index (χ2v) is 13.6. The Morgan fingerprint density at radius 3 is 2.33 bits per heavy atom. The minimum absolute atomic E-state index is 0.0106. The molecule has 3 aromatic rings. The molecule has 0 aliphatic carbocycles. The molecule has 0 amide bonds. The zero-order valence-corrected chi connectivity index (χ0v) is 23.5. The summed E-state index contributed by atoms with van der Waals surface area (Å²) in [7, 11) is -5.13. The van der Waals surface area contributed by atoms with Crippen molar-refractivity contribution in [3.8, 4) is 0 Å². The molecule has 18 nitrogen and oxygen atoms in total. The van der Waals surface area contributed by atoms with Gasteiger partial charge in [0.25, 0.3) is 5.56 Å². The quantitative estimate of drug-likeness (QED) is 0.216. The van der Waals surface area contributed by atoms with Gasteiger partial charge in [0.1, 0.15) is 36.3 Å². The van der Waals surface area contributed by atoms with Gasteiger partial charge < -0.3 is 20.1 Å². The van der Waals surface area contributed by atoms with Crippen LogP contribution in [0, 0.1) is 0 Å². The molecule has 0 radical (unpaired) electrons. The number of ether oxygens (including phenoxy) is 2. The van der Waals surface area contributed by atoms with E-state index in [9.17, 15) is 23.6 Å². The van der Waals surface area contributed by atoms with Gasteiger partial charge >= 0.3 is 20.3 Å². The van der Waals surface area contributed by atoms with Gasteiger partial charge in [0.2, 0.25) is 0 Å². The fourth-order valence-electron chi connectivity index (χ4n) is 4.74. The van der Waals surface area contributed by atoms with Crippen LogP contribution in [-0.2, 0) is 36.7 Å². The molecule has 3 aliphatic heterocycles. The van der Waals surface area contributed by atoms with Gasteiger partial charge in [0.15, 0.2) is 36.3 Å². The number of nitrogen functional groups attached to an aromatic ring is 1. The number of nitrogens with one attached hydrogen (secondary N) is 1. The van der Waals surface area contributed by atoms with Crippen molar-refractivity contribution in [1.29, 1.82) is 0 Å². The first kappa shape index (κ1) is 29.5. The summed E-state index contributed by atoms with van der Waals surface area (Å²) in [6.07, 6.45) is -11.2. The van der Waals surface area contributed by atoms with E-state index in [0.29, 0.717) is 4.57 Å². The monoisotopic (exact) mass is 655 g/mol. The van der Waals surface area contributed by atoms with Gasteiger partial charge in [0.05, 0.1) is 19.5 Å². The number of phosphoric ester groups is 1. The largest absolute Gasteiger partial charge is 0.472 e. The molecular weight excluding hydrogens is 634 g/mol. The van der Waals surface area contributed by atoms with E-state index in [-0.39, 0.29) is 17.0 Å². The molecule has 10 atom stereocenters. The lowest BCUT2D eigenvalue weighted by Gasteiger charge is -2.27. The van der Waals surface area contributed by atoms with Crippen molar-refractivity contribution in [2.75, 3.05) is 18.9 Å². The second kappa shape index (κ2) is 10.8. The molecule has 4 N–H and O–H groups in total. The number of H-pyrrole nitrogens is 1. The molecule has 3 saturated heterocycles. The predicted octanol–water partition coefficient (Wildman–Crippen LogP) is 0.385. The highest BCUT2D eigenvalue weighted by atomic mass is 32.7. The van der Waals surface area contributed by atoms with Crippen LogP contribution in [0.1, 0.15) is 12.5 Å². The molecular formula is C19H21F2N7O11P2S. The fourth-order valence-corrected chi connectivity index (χ4v) is 7.18. The smallest absolute Gasteiger partial charge is 0.382 e. The molecule has 2 unspecified atom stereocenters. The number of aromatic nitrogens is 6. The summed E-state index contributed by atoms with van der Waals surface area (Å²) < 4.78 is 91.0. The van der Waals surface area contributed by atoms with Gasteiger partial charge in [0, 0.05) is 12.3 Å². The molecule has 0 bridgehead atoms. The highest BCUT2D eigenvalue weighted by Crippen LogP contribution is 2.58. The number of imidazole rings is 1. The Morgan fingerprint density at radius 2 is 1.64 bits per heavy atom. The standard InChI is InChI=1S/C19H21F2N7O11P2S/c20-10-13-8(36-17(10)27-2-1-9(29)26-19(27)30)4-35-41(33,42)39-14-7(3-34-40(31,32)38-13)37-18(11(14)21)28-6-25-12-15(22)23-5-24-16(12)28/h1-2,5-8,10-11,13-14,17-18H,3-4H2,(H,31,32)(H,33,42)(H2,22,23,24)(H,26,29,30)/t7-,8-,10+,11+,13+,14+,17-,18-,41?/m1/s1. The maximum atomic E-state index is 15.8. The molecule has 0 spiro atoms. The normalized spacial score (nSPS) is 39.3. The zero-order valence-electron chi connectivity index (χ0n) is 20.8. The summed E-state index contributed by atoms with van der Waals surface area (Å²) in [4.78, 5) is 47.8. The molecule has 3 aromatic heterocycles. The number of rotatable bonds is 2. The van der Waals surface area contributed by atoms with E-state index in [4.69, 9.17) is 33.3 Å². The van der Waals surface area contributed by atoms with Crippen molar-refractivity contribution in [1.82, 2.24) is 29.1 Å². The van der Waals surface area contributed by atoms with Gasteiger partial charge in [-0.05, 0) is 0 Å². The molecule has 0 aromatic carbocycles. The van der Waals surface area contributed by atoms with Crippen LogP contribution in [-0.4, -0.2) is 83.9 Å². The molecule has 6 rings (SSSR count). The Bertz CT molecular complexity index is 1730. The predicted molar refractivity (Wildman–Crippen MR) is 137 cm³/mol. The summed E-state index contributed by atoms with van der Waals surface area (Å²) in [5, 5.41) is 0. The van der Waals surface area contributed by atoms with E-state index in [1.165, 1.54) is 6.33 Å². The molecule has 23 heteroatoms. The van der Waals surface area contributed by atoms with Gasteiger partial charge in [-0.3, -0.25) is 37.0 Å². The Hall–Kier alpha value is -2.58. The first-order valence-electron chi connectivity index (χ1n) is 12.0. The molecule has 3 aliphatic rings.